The van der Waals surface area contributed by atoms with E-state index in [1.54, 1.807) is 36.3 Å². The van der Waals surface area contributed by atoms with Gasteiger partial charge in [-0.25, -0.2) is 0 Å². The highest BCUT2D eigenvalue weighted by Crippen LogP contribution is 2.18. The maximum Gasteiger partial charge on any atom is 0.258 e. The highest BCUT2D eigenvalue weighted by atomic mass is 16.2. The van der Waals surface area contributed by atoms with Gasteiger partial charge in [0.25, 0.3) is 11.8 Å². The molecule has 122 valence electrons. The molecule has 0 bridgehead atoms. The minimum atomic E-state index is -0.239. The predicted molar refractivity (Wildman–Crippen MR) is 89.6 cm³/mol. The van der Waals surface area contributed by atoms with Gasteiger partial charge in [0.15, 0.2) is 0 Å². The van der Waals surface area contributed by atoms with Crippen molar-refractivity contribution in [2.45, 2.75) is 27.3 Å². The Kier molecular flexibility index (Phi) is 5.16. The fourth-order valence-corrected chi connectivity index (χ4v) is 2.19. The molecule has 1 aromatic heterocycles. The standard InChI is InChI=1S/C17H22N4O2/c1-11(2)9-21-10-14(8-19-21)17(23)20-15-7-13(16(22)18-4)6-5-12(15)3/h5-8,10-11H,9H2,1-4H3,(H,18,22)(H,20,23). The number of anilines is 1. The number of aryl methyl sites for hydroxylation is 1. The van der Waals surface area contributed by atoms with Gasteiger partial charge >= 0.3 is 0 Å². The van der Waals surface area contributed by atoms with E-state index in [-0.39, 0.29) is 11.8 Å². The van der Waals surface area contributed by atoms with Crippen LogP contribution in [0.2, 0.25) is 0 Å². The van der Waals surface area contributed by atoms with E-state index in [2.05, 4.69) is 29.6 Å². The Morgan fingerprint density at radius 1 is 1.22 bits per heavy atom. The summed E-state index contributed by atoms with van der Waals surface area (Å²) in [5.74, 6) is 0.0275. The zero-order chi connectivity index (χ0) is 17.0. The van der Waals surface area contributed by atoms with Crippen molar-refractivity contribution in [2.75, 3.05) is 12.4 Å². The van der Waals surface area contributed by atoms with Crippen LogP contribution in [0.5, 0.6) is 0 Å². The lowest BCUT2D eigenvalue weighted by Gasteiger charge is -2.09. The maximum atomic E-state index is 12.4. The average molecular weight is 314 g/mol. The molecule has 0 unspecified atom stereocenters. The summed E-state index contributed by atoms with van der Waals surface area (Å²) in [7, 11) is 1.57. The molecule has 2 rings (SSSR count). The van der Waals surface area contributed by atoms with E-state index < -0.39 is 0 Å². The van der Waals surface area contributed by atoms with Crippen LogP contribution >= 0.6 is 0 Å². The van der Waals surface area contributed by atoms with Gasteiger partial charge in [-0.2, -0.15) is 5.10 Å². The molecular weight excluding hydrogens is 292 g/mol. The van der Waals surface area contributed by atoms with E-state index in [0.29, 0.717) is 22.7 Å². The second-order valence-electron chi connectivity index (χ2n) is 5.91. The number of amides is 2. The first-order valence-corrected chi connectivity index (χ1v) is 7.57. The second-order valence-corrected chi connectivity index (χ2v) is 5.91. The number of hydrogen-bond donors (Lipinski definition) is 2. The lowest BCUT2D eigenvalue weighted by molar-refractivity contribution is 0.0961. The highest BCUT2D eigenvalue weighted by Gasteiger charge is 2.12. The Bertz CT molecular complexity index is 719. The van der Waals surface area contributed by atoms with E-state index in [1.807, 2.05) is 13.0 Å². The predicted octanol–water partition coefficient (Wildman–Crippen LogP) is 2.46. The van der Waals surface area contributed by atoms with Gasteiger partial charge in [-0.3, -0.25) is 14.3 Å². The zero-order valence-electron chi connectivity index (χ0n) is 13.9. The molecule has 0 atom stereocenters. The maximum absolute atomic E-state index is 12.4. The van der Waals surface area contributed by atoms with Crippen molar-refractivity contribution in [3.63, 3.8) is 0 Å². The van der Waals surface area contributed by atoms with Gasteiger partial charge < -0.3 is 10.6 Å². The summed E-state index contributed by atoms with van der Waals surface area (Å²) < 4.78 is 1.76. The van der Waals surface area contributed by atoms with Crippen LogP contribution in [0.3, 0.4) is 0 Å². The van der Waals surface area contributed by atoms with E-state index in [1.165, 1.54) is 0 Å². The van der Waals surface area contributed by atoms with Crippen LogP contribution in [0.15, 0.2) is 30.6 Å². The Morgan fingerprint density at radius 2 is 1.96 bits per heavy atom. The third-order valence-corrected chi connectivity index (χ3v) is 3.42. The number of carbonyl (C=O) groups is 2. The molecule has 0 radical (unpaired) electrons. The average Bonchev–Trinajstić information content (AvgIpc) is 2.96. The van der Waals surface area contributed by atoms with Crippen LogP contribution in [-0.4, -0.2) is 28.6 Å². The molecule has 1 aromatic carbocycles. The minimum Gasteiger partial charge on any atom is -0.355 e. The Morgan fingerprint density at radius 3 is 2.61 bits per heavy atom. The number of hydrogen-bond acceptors (Lipinski definition) is 3. The molecule has 0 saturated heterocycles. The van der Waals surface area contributed by atoms with Crippen molar-refractivity contribution in [1.82, 2.24) is 15.1 Å². The number of nitrogens with one attached hydrogen (secondary N) is 2. The van der Waals surface area contributed by atoms with Gasteiger partial charge in [0.1, 0.15) is 0 Å². The number of nitrogens with zero attached hydrogens (tertiary/aromatic N) is 2. The van der Waals surface area contributed by atoms with Gasteiger partial charge in [0.2, 0.25) is 0 Å². The summed E-state index contributed by atoms with van der Waals surface area (Å²) in [5, 5.41) is 9.60. The summed E-state index contributed by atoms with van der Waals surface area (Å²) >= 11 is 0. The minimum absolute atomic E-state index is 0.190. The fourth-order valence-electron chi connectivity index (χ4n) is 2.19. The molecule has 2 N–H and O–H groups in total. The molecule has 2 amide bonds. The molecule has 6 nitrogen and oxygen atoms in total. The first-order valence-electron chi connectivity index (χ1n) is 7.57. The van der Waals surface area contributed by atoms with Crippen LogP contribution in [0.25, 0.3) is 0 Å². The molecule has 23 heavy (non-hydrogen) atoms. The molecule has 6 heteroatoms. The highest BCUT2D eigenvalue weighted by molar-refractivity contribution is 6.05. The summed E-state index contributed by atoms with van der Waals surface area (Å²) in [6.45, 7) is 6.83. The van der Waals surface area contributed by atoms with Crippen LogP contribution < -0.4 is 10.6 Å². The van der Waals surface area contributed by atoms with Crippen LogP contribution in [0, 0.1) is 12.8 Å². The van der Waals surface area contributed by atoms with Crippen molar-refractivity contribution in [1.29, 1.82) is 0 Å². The summed E-state index contributed by atoms with van der Waals surface area (Å²) in [6.07, 6.45) is 3.28. The molecule has 2 aromatic rings. The first kappa shape index (κ1) is 16.7. The SMILES string of the molecule is CNC(=O)c1ccc(C)c(NC(=O)c2cnn(CC(C)C)c2)c1. The molecular formula is C17H22N4O2. The molecule has 1 heterocycles. The van der Waals surface area contributed by atoms with Gasteiger partial charge in [-0.1, -0.05) is 19.9 Å². The third-order valence-electron chi connectivity index (χ3n) is 3.42. The van der Waals surface area contributed by atoms with Crippen LogP contribution in [-0.2, 0) is 6.54 Å². The smallest absolute Gasteiger partial charge is 0.258 e. The largest absolute Gasteiger partial charge is 0.355 e. The quantitative estimate of drug-likeness (QED) is 0.890. The van der Waals surface area contributed by atoms with E-state index in [9.17, 15) is 9.59 Å². The molecule has 0 spiro atoms. The van der Waals surface area contributed by atoms with E-state index in [0.717, 1.165) is 12.1 Å². The zero-order valence-corrected chi connectivity index (χ0v) is 13.9. The molecule has 0 fully saturated rings. The van der Waals surface area contributed by atoms with Crippen molar-refractivity contribution in [2.24, 2.45) is 5.92 Å². The van der Waals surface area contributed by atoms with Crippen molar-refractivity contribution < 1.29 is 9.59 Å². The molecule has 0 saturated carbocycles. The van der Waals surface area contributed by atoms with Gasteiger partial charge in [-0.05, 0) is 30.5 Å². The lowest BCUT2D eigenvalue weighted by atomic mass is 10.1. The number of carbonyl (C=O) groups excluding carboxylic acids is 2. The molecule has 0 aliphatic rings. The second kappa shape index (κ2) is 7.09. The van der Waals surface area contributed by atoms with E-state index >= 15 is 0 Å². The number of aromatic nitrogens is 2. The third kappa shape index (κ3) is 4.18. The fraction of sp³-hybridized carbons (Fsp3) is 0.353. The summed E-state index contributed by atoms with van der Waals surface area (Å²) in [4.78, 5) is 24.1. The molecule has 0 aliphatic carbocycles. The number of rotatable bonds is 5. The van der Waals surface area contributed by atoms with Gasteiger partial charge in [0.05, 0.1) is 11.8 Å². The van der Waals surface area contributed by atoms with Gasteiger partial charge in [-0.15, -0.1) is 0 Å². The Labute approximate surface area is 135 Å². The van der Waals surface area contributed by atoms with Crippen LogP contribution in [0.1, 0.15) is 40.1 Å². The summed E-state index contributed by atoms with van der Waals surface area (Å²) in [6, 6.07) is 5.21. The number of benzene rings is 1. The van der Waals surface area contributed by atoms with Crippen molar-refractivity contribution >= 4 is 17.5 Å². The van der Waals surface area contributed by atoms with Crippen molar-refractivity contribution in [3.05, 3.63) is 47.3 Å². The normalized spacial score (nSPS) is 10.7. The summed E-state index contributed by atoms with van der Waals surface area (Å²) in [5.41, 5.74) is 2.51. The van der Waals surface area contributed by atoms with E-state index in [4.69, 9.17) is 0 Å². The van der Waals surface area contributed by atoms with Gasteiger partial charge in [0, 0.05) is 31.0 Å². The first-order chi connectivity index (χ1) is 10.9. The Balaban J connectivity index is 2.16. The van der Waals surface area contributed by atoms with Crippen molar-refractivity contribution in [3.8, 4) is 0 Å². The monoisotopic (exact) mass is 314 g/mol. The Hall–Kier alpha value is -2.63. The molecule has 0 aliphatic heterocycles. The topological polar surface area (TPSA) is 76.0 Å². The van der Waals surface area contributed by atoms with Crippen LogP contribution in [0.4, 0.5) is 5.69 Å². The lowest BCUT2D eigenvalue weighted by Crippen LogP contribution is -2.19.